The third kappa shape index (κ3) is 5.37. The molecule has 0 radical (unpaired) electrons. The number of halogens is 2. The summed E-state index contributed by atoms with van der Waals surface area (Å²) in [5.41, 5.74) is 2.97. The molecule has 4 heterocycles. The highest BCUT2D eigenvalue weighted by Crippen LogP contribution is 2.37. The number of hydrogen-bond donors (Lipinski definition) is 3. The van der Waals surface area contributed by atoms with E-state index in [0.29, 0.717) is 50.4 Å². The number of H-pyrrole nitrogens is 1. The maximum absolute atomic E-state index is 13.3. The Morgan fingerprint density at radius 1 is 1.14 bits per heavy atom. The highest BCUT2D eigenvalue weighted by atomic mass is 79.9. The van der Waals surface area contributed by atoms with E-state index in [1.807, 2.05) is 7.05 Å². The summed E-state index contributed by atoms with van der Waals surface area (Å²) in [7, 11) is 2.03. The third-order valence-electron chi connectivity index (χ3n) is 7.89. The standard InChI is InChI=1S/C30H29BrFN5O5/c1-36-8-5-18(6-9-36)37-29(40)20-10-16-11-25(35-24(16)13-21(20)30(37)41)27-23(4-7-33-28(27)39)34-14-19(38)15-42-26-3-2-17(32)12-22(26)31/h2-4,7,10,12-13,18-19,38H,5-6,8-9,11,14-15H2,1H3,(H2,33,34,39). The molecule has 12 heteroatoms. The minimum atomic E-state index is -0.940. The molecule has 2 aromatic carbocycles. The van der Waals surface area contributed by atoms with Gasteiger partial charge in [-0.25, -0.2) is 4.39 Å². The number of pyridine rings is 1. The van der Waals surface area contributed by atoms with Gasteiger partial charge in [0, 0.05) is 25.2 Å². The zero-order chi connectivity index (χ0) is 29.5. The Morgan fingerprint density at radius 2 is 1.88 bits per heavy atom. The van der Waals surface area contributed by atoms with Gasteiger partial charge in [-0.05, 0) is 90.9 Å². The van der Waals surface area contributed by atoms with Crippen LogP contribution in [0.15, 0.2) is 56.9 Å². The van der Waals surface area contributed by atoms with Crippen LogP contribution < -0.4 is 15.6 Å². The van der Waals surface area contributed by atoms with Gasteiger partial charge in [-0.15, -0.1) is 0 Å². The first kappa shape index (κ1) is 28.3. The van der Waals surface area contributed by atoms with E-state index in [4.69, 9.17) is 9.73 Å². The Bertz CT molecular complexity index is 1670. The molecule has 1 saturated heterocycles. The van der Waals surface area contributed by atoms with E-state index in [2.05, 4.69) is 31.1 Å². The van der Waals surface area contributed by atoms with Gasteiger partial charge in [0.25, 0.3) is 17.4 Å². The van der Waals surface area contributed by atoms with Crippen LogP contribution >= 0.6 is 15.9 Å². The summed E-state index contributed by atoms with van der Waals surface area (Å²) < 4.78 is 19.3. The van der Waals surface area contributed by atoms with Crippen molar-refractivity contribution in [1.82, 2.24) is 14.8 Å². The van der Waals surface area contributed by atoms with Gasteiger partial charge in [-0.1, -0.05) is 0 Å². The molecule has 3 aliphatic rings. The predicted molar refractivity (Wildman–Crippen MR) is 159 cm³/mol. The molecule has 218 valence electrons. The number of rotatable bonds is 8. The van der Waals surface area contributed by atoms with Gasteiger partial charge in [0.2, 0.25) is 0 Å². The number of carbonyl (C=O) groups excluding carboxylic acids is 2. The van der Waals surface area contributed by atoms with Crippen molar-refractivity contribution in [1.29, 1.82) is 0 Å². The first-order valence-corrected chi connectivity index (χ1v) is 14.5. The number of fused-ring (bicyclic) bond motifs is 2. The van der Waals surface area contributed by atoms with Crippen LogP contribution in [0.25, 0.3) is 0 Å². The summed E-state index contributed by atoms with van der Waals surface area (Å²) in [6, 6.07) is 8.96. The van der Waals surface area contributed by atoms with Gasteiger partial charge in [-0.2, -0.15) is 0 Å². The molecule has 1 aromatic heterocycles. The average Bonchev–Trinajstić information content (AvgIpc) is 3.48. The van der Waals surface area contributed by atoms with Gasteiger partial charge in [0.15, 0.2) is 0 Å². The number of nitrogens with zero attached hydrogens (tertiary/aromatic N) is 3. The summed E-state index contributed by atoms with van der Waals surface area (Å²) in [6.07, 6.45) is 2.37. The Kier molecular flexibility index (Phi) is 7.69. The summed E-state index contributed by atoms with van der Waals surface area (Å²) in [5, 5.41) is 13.6. The molecule has 1 fully saturated rings. The molecule has 42 heavy (non-hydrogen) atoms. The van der Waals surface area contributed by atoms with E-state index in [9.17, 15) is 23.9 Å². The Morgan fingerprint density at radius 3 is 2.62 bits per heavy atom. The molecular formula is C30H29BrFN5O5. The zero-order valence-corrected chi connectivity index (χ0v) is 24.4. The number of piperidine rings is 1. The first-order valence-electron chi connectivity index (χ1n) is 13.7. The van der Waals surface area contributed by atoms with Crippen molar-refractivity contribution in [2.24, 2.45) is 4.99 Å². The fraction of sp³-hybridized carbons (Fsp3) is 0.333. The number of nitrogens with one attached hydrogen (secondary N) is 2. The van der Waals surface area contributed by atoms with E-state index >= 15 is 0 Å². The summed E-state index contributed by atoms with van der Waals surface area (Å²) in [6.45, 7) is 1.67. The summed E-state index contributed by atoms with van der Waals surface area (Å²) in [5.74, 6) is -0.583. The lowest BCUT2D eigenvalue weighted by Gasteiger charge is -2.33. The highest BCUT2D eigenvalue weighted by molar-refractivity contribution is 9.10. The SMILES string of the molecule is CN1CCC(N2C(=O)c3cc4c(cc3C2=O)N=C(c2c(NCC(O)COc3ccc(F)cc3Br)cc[nH]c2=O)C4)CC1. The van der Waals surface area contributed by atoms with E-state index in [1.165, 1.54) is 29.3 Å². The number of anilines is 1. The number of amides is 2. The largest absolute Gasteiger partial charge is 0.490 e. The van der Waals surface area contributed by atoms with E-state index in [1.54, 1.807) is 18.2 Å². The number of carbonyl (C=O) groups is 2. The highest BCUT2D eigenvalue weighted by Gasteiger charge is 2.42. The van der Waals surface area contributed by atoms with E-state index in [-0.39, 0.29) is 36.6 Å². The van der Waals surface area contributed by atoms with Gasteiger partial charge < -0.3 is 25.0 Å². The monoisotopic (exact) mass is 637 g/mol. The lowest BCUT2D eigenvalue weighted by Crippen LogP contribution is -2.46. The fourth-order valence-electron chi connectivity index (χ4n) is 5.66. The zero-order valence-electron chi connectivity index (χ0n) is 22.8. The lowest BCUT2D eigenvalue weighted by atomic mass is 10.00. The van der Waals surface area contributed by atoms with Crippen LogP contribution in [0.4, 0.5) is 15.8 Å². The molecule has 10 nitrogen and oxygen atoms in total. The molecule has 0 saturated carbocycles. The molecule has 0 bridgehead atoms. The predicted octanol–water partition coefficient (Wildman–Crippen LogP) is 3.50. The molecular weight excluding hydrogens is 609 g/mol. The average molecular weight is 638 g/mol. The van der Waals surface area contributed by atoms with Crippen LogP contribution in [-0.4, -0.2) is 82.9 Å². The van der Waals surface area contributed by atoms with Crippen LogP contribution in [0.2, 0.25) is 0 Å². The van der Waals surface area contributed by atoms with Crippen molar-refractivity contribution in [2.45, 2.75) is 31.4 Å². The summed E-state index contributed by atoms with van der Waals surface area (Å²) in [4.78, 5) is 50.5. The van der Waals surface area contributed by atoms with Crippen molar-refractivity contribution in [3.8, 4) is 5.75 Å². The molecule has 0 spiro atoms. The molecule has 1 atom stereocenters. The number of hydrogen-bond acceptors (Lipinski definition) is 8. The Labute approximate surface area is 249 Å². The van der Waals surface area contributed by atoms with Crippen LogP contribution in [0.5, 0.6) is 5.75 Å². The number of aliphatic imine (C=N–C) groups is 1. The van der Waals surface area contributed by atoms with E-state index in [0.717, 1.165) is 31.5 Å². The van der Waals surface area contributed by atoms with Crippen molar-refractivity contribution in [3.05, 3.63) is 85.5 Å². The van der Waals surface area contributed by atoms with Crippen molar-refractivity contribution in [2.75, 3.05) is 38.6 Å². The van der Waals surface area contributed by atoms with Crippen molar-refractivity contribution in [3.63, 3.8) is 0 Å². The number of aliphatic hydroxyl groups excluding tert-OH is 1. The maximum Gasteiger partial charge on any atom is 0.261 e. The Hall–Kier alpha value is -3.87. The topological polar surface area (TPSA) is 127 Å². The van der Waals surface area contributed by atoms with Crippen molar-refractivity contribution >= 4 is 44.8 Å². The first-order chi connectivity index (χ1) is 20.2. The molecule has 1 unspecified atom stereocenters. The summed E-state index contributed by atoms with van der Waals surface area (Å²) >= 11 is 3.23. The second-order valence-corrected chi connectivity index (χ2v) is 11.6. The van der Waals surface area contributed by atoms with Crippen molar-refractivity contribution < 1.29 is 23.8 Å². The van der Waals surface area contributed by atoms with Crippen LogP contribution in [0.1, 0.15) is 44.7 Å². The fourth-order valence-corrected chi connectivity index (χ4v) is 6.12. The minimum absolute atomic E-state index is 0.0651. The third-order valence-corrected chi connectivity index (χ3v) is 8.51. The van der Waals surface area contributed by atoms with Crippen LogP contribution in [0.3, 0.4) is 0 Å². The quantitative estimate of drug-likeness (QED) is 0.323. The van der Waals surface area contributed by atoms with Crippen LogP contribution in [-0.2, 0) is 6.42 Å². The van der Waals surface area contributed by atoms with Gasteiger partial charge in [-0.3, -0.25) is 24.3 Å². The second-order valence-electron chi connectivity index (χ2n) is 10.8. The molecule has 2 amide bonds. The van der Waals surface area contributed by atoms with E-state index < -0.39 is 11.9 Å². The number of aliphatic hydroxyl groups is 1. The number of benzene rings is 2. The lowest BCUT2D eigenvalue weighted by molar-refractivity contribution is 0.0516. The normalized spacial score (nSPS) is 17.7. The molecule has 6 rings (SSSR count). The second kappa shape index (κ2) is 11.4. The van der Waals surface area contributed by atoms with Gasteiger partial charge in [0.1, 0.15) is 24.3 Å². The molecule has 0 aliphatic carbocycles. The number of likely N-dealkylation sites (tertiary alicyclic amines) is 1. The van der Waals surface area contributed by atoms with Gasteiger partial charge >= 0.3 is 0 Å². The molecule has 3 aromatic rings. The number of ether oxygens (including phenoxy) is 1. The molecule has 3 N–H and O–H groups in total. The molecule has 3 aliphatic heterocycles. The number of imide groups is 1. The minimum Gasteiger partial charge on any atom is -0.490 e. The van der Waals surface area contributed by atoms with Gasteiger partial charge in [0.05, 0.1) is 38.2 Å². The van der Waals surface area contributed by atoms with Crippen LogP contribution in [0, 0.1) is 5.82 Å². The number of aromatic amines is 1. The Balaban J connectivity index is 1.17. The maximum atomic E-state index is 13.3. The number of aromatic nitrogens is 1. The smallest absolute Gasteiger partial charge is 0.261 e.